The summed E-state index contributed by atoms with van der Waals surface area (Å²) in [7, 11) is 1.60. The van der Waals surface area contributed by atoms with Gasteiger partial charge in [0, 0.05) is 35.1 Å². The molecule has 0 spiro atoms. The smallest absolute Gasteiger partial charge is 0.292 e. The monoisotopic (exact) mass is 344 g/mol. The lowest BCUT2D eigenvalue weighted by Gasteiger charge is -2.05. The minimum atomic E-state index is -0.315. The maximum absolute atomic E-state index is 12.9. The van der Waals surface area contributed by atoms with Gasteiger partial charge in [-0.05, 0) is 29.8 Å². The van der Waals surface area contributed by atoms with E-state index in [1.54, 1.807) is 37.7 Å². The second-order valence-corrected chi connectivity index (χ2v) is 5.72. The average molecular weight is 344 g/mol. The Hall–Kier alpha value is -3.60. The van der Waals surface area contributed by atoms with Gasteiger partial charge in [-0.1, -0.05) is 30.3 Å². The quantitative estimate of drug-likeness (QED) is 0.580. The van der Waals surface area contributed by atoms with E-state index in [4.69, 9.17) is 9.15 Å². The molecule has 0 fully saturated rings. The average Bonchev–Trinajstić information content (AvgIpc) is 3.08. The van der Waals surface area contributed by atoms with Crippen LogP contribution in [0.3, 0.4) is 0 Å². The van der Waals surface area contributed by atoms with E-state index >= 15 is 0 Å². The Bertz CT molecular complexity index is 1060. The number of methoxy groups -OCH3 is 1. The van der Waals surface area contributed by atoms with Crippen molar-refractivity contribution in [1.82, 2.24) is 4.98 Å². The first kappa shape index (κ1) is 15.9. The summed E-state index contributed by atoms with van der Waals surface area (Å²) >= 11 is 0. The Morgan fingerprint density at radius 1 is 1.04 bits per heavy atom. The van der Waals surface area contributed by atoms with Crippen molar-refractivity contribution in [3.8, 4) is 16.9 Å². The summed E-state index contributed by atoms with van der Waals surface area (Å²) in [6, 6.07) is 18.7. The molecular formula is C21H16N2O3. The number of hydrogen-bond donors (Lipinski definition) is 1. The molecule has 26 heavy (non-hydrogen) atoms. The molecule has 1 N–H and O–H groups in total. The highest BCUT2D eigenvalue weighted by Crippen LogP contribution is 2.36. The number of rotatable bonds is 4. The lowest BCUT2D eigenvalue weighted by atomic mass is 10.0. The van der Waals surface area contributed by atoms with Crippen LogP contribution < -0.4 is 10.1 Å². The third-order valence-corrected chi connectivity index (χ3v) is 4.10. The molecule has 2 heterocycles. The van der Waals surface area contributed by atoms with Gasteiger partial charge in [0.05, 0.1) is 7.11 Å². The van der Waals surface area contributed by atoms with Gasteiger partial charge < -0.3 is 14.5 Å². The zero-order chi connectivity index (χ0) is 17.9. The van der Waals surface area contributed by atoms with Crippen molar-refractivity contribution in [2.45, 2.75) is 0 Å². The highest BCUT2D eigenvalue weighted by atomic mass is 16.5. The second-order valence-electron chi connectivity index (χ2n) is 5.72. The number of fused-ring (bicyclic) bond motifs is 1. The molecule has 0 aliphatic rings. The van der Waals surface area contributed by atoms with Crippen molar-refractivity contribution >= 4 is 22.6 Å². The van der Waals surface area contributed by atoms with E-state index in [-0.39, 0.29) is 11.7 Å². The Morgan fingerprint density at radius 3 is 2.54 bits per heavy atom. The van der Waals surface area contributed by atoms with Crippen LogP contribution in [-0.2, 0) is 0 Å². The van der Waals surface area contributed by atoms with Crippen LogP contribution in [0.4, 0.5) is 5.69 Å². The fourth-order valence-corrected chi connectivity index (χ4v) is 2.88. The molecule has 0 unspecified atom stereocenters. The normalized spacial score (nSPS) is 10.7. The number of carbonyl (C=O) groups is 1. The number of anilines is 1. The van der Waals surface area contributed by atoms with Crippen LogP contribution in [0.2, 0.25) is 0 Å². The van der Waals surface area contributed by atoms with Crippen LogP contribution >= 0.6 is 0 Å². The third-order valence-electron chi connectivity index (χ3n) is 4.10. The molecule has 2 aromatic heterocycles. The first-order chi connectivity index (χ1) is 12.8. The number of aromatic nitrogens is 1. The molecule has 0 saturated carbocycles. The summed E-state index contributed by atoms with van der Waals surface area (Å²) in [4.78, 5) is 16.8. The third kappa shape index (κ3) is 2.91. The highest BCUT2D eigenvalue weighted by molar-refractivity contribution is 6.12. The van der Waals surface area contributed by atoms with Gasteiger partial charge >= 0.3 is 0 Å². The Labute approximate surface area is 150 Å². The fraction of sp³-hybridized carbons (Fsp3) is 0.0476. The zero-order valence-corrected chi connectivity index (χ0v) is 14.1. The van der Waals surface area contributed by atoms with Crippen molar-refractivity contribution in [1.29, 1.82) is 0 Å². The number of hydrogen-bond acceptors (Lipinski definition) is 4. The standard InChI is InChI=1S/C21H16N2O3/c1-25-16-7-8-17-18(13-16)26-20(19(17)14-5-3-2-4-6-14)21(24)23-15-9-11-22-12-10-15/h2-13H,1H3,(H,22,23,24). The Balaban J connectivity index is 1.86. The summed E-state index contributed by atoms with van der Waals surface area (Å²) < 4.78 is 11.2. The molecule has 2 aromatic carbocycles. The van der Waals surface area contributed by atoms with Gasteiger partial charge in [0.1, 0.15) is 11.3 Å². The topological polar surface area (TPSA) is 64.4 Å². The van der Waals surface area contributed by atoms with Gasteiger partial charge in [-0.15, -0.1) is 0 Å². The number of pyridine rings is 1. The van der Waals surface area contributed by atoms with Crippen LogP contribution in [0.15, 0.2) is 77.5 Å². The van der Waals surface area contributed by atoms with E-state index in [1.807, 2.05) is 42.5 Å². The van der Waals surface area contributed by atoms with Crippen molar-refractivity contribution in [2.24, 2.45) is 0 Å². The van der Waals surface area contributed by atoms with Gasteiger partial charge in [0.2, 0.25) is 5.76 Å². The van der Waals surface area contributed by atoms with E-state index in [9.17, 15) is 4.79 Å². The van der Waals surface area contributed by atoms with E-state index in [0.717, 1.165) is 16.5 Å². The molecule has 4 rings (SSSR count). The maximum Gasteiger partial charge on any atom is 0.292 e. The van der Waals surface area contributed by atoms with Gasteiger partial charge in [-0.25, -0.2) is 0 Å². The molecule has 0 atom stereocenters. The highest BCUT2D eigenvalue weighted by Gasteiger charge is 2.22. The lowest BCUT2D eigenvalue weighted by Crippen LogP contribution is -2.12. The lowest BCUT2D eigenvalue weighted by molar-refractivity contribution is 0.0999. The molecule has 5 nitrogen and oxygen atoms in total. The molecule has 5 heteroatoms. The van der Waals surface area contributed by atoms with Crippen molar-refractivity contribution in [2.75, 3.05) is 12.4 Å². The molecular weight excluding hydrogens is 328 g/mol. The molecule has 0 aliphatic carbocycles. The summed E-state index contributed by atoms with van der Waals surface area (Å²) in [6.07, 6.45) is 3.24. The molecule has 128 valence electrons. The molecule has 0 bridgehead atoms. The minimum absolute atomic E-state index is 0.260. The zero-order valence-electron chi connectivity index (χ0n) is 14.1. The van der Waals surface area contributed by atoms with Crippen LogP contribution in [0, 0.1) is 0 Å². The summed E-state index contributed by atoms with van der Waals surface area (Å²) in [5.41, 5.74) is 2.93. The van der Waals surface area contributed by atoms with Crippen molar-refractivity contribution < 1.29 is 13.9 Å². The summed E-state index contributed by atoms with van der Waals surface area (Å²) in [5, 5.41) is 3.71. The van der Waals surface area contributed by atoms with E-state index in [2.05, 4.69) is 10.3 Å². The van der Waals surface area contributed by atoms with Crippen molar-refractivity contribution in [3.63, 3.8) is 0 Å². The number of ether oxygens (including phenoxy) is 1. The first-order valence-electron chi connectivity index (χ1n) is 8.13. The molecule has 4 aromatic rings. The van der Waals surface area contributed by atoms with Gasteiger partial charge in [0.25, 0.3) is 5.91 Å². The molecule has 0 aliphatic heterocycles. The van der Waals surface area contributed by atoms with E-state index in [0.29, 0.717) is 17.0 Å². The number of benzene rings is 2. The summed E-state index contributed by atoms with van der Waals surface area (Å²) in [6.45, 7) is 0. The maximum atomic E-state index is 12.9. The minimum Gasteiger partial charge on any atom is -0.497 e. The Morgan fingerprint density at radius 2 is 1.81 bits per heavy atom. The van der Waals surface area contributed by atoms with E-state index in [1.165, 1.54) is 0 Å². The van der Waals surface area contributed by atoms with Crippen LogP contribution in [0.25, 0.3) is 22.1 Å². The van der Waals surface area contributed by atoms with Crippen molar-refractivity contribution in [3.05, 3.63) is 78.8 Å². The number of furan rings is 1. The van der Waals surface area contributed by atoms with E-state index < -0.39 is 0 Å². The van der Waals surface area contributed by atoms with Gasteiger partial charge in [-0.3, -0.25) is 9.78 Å². The van der Waals surface area contributed by atoms with Gasteiger partial charge in [-0.2, -0.15) is 0 Å². The van der Waals surface area contributed by atoms with Crippen LogP contribution in [-0.4, -0.2) is 18.0 Å². The number of carbonyl (C=O) groups excluding carboxylic acids is 1. The first-order valence-corrected chi connectivity index (χ1v) is 8.13. The predicted molar refractivity (Wildman–Crippen MR) is 100 cm³/mol. The largest absolute Gasteiger partial charge is 0.497 e. The Kier molecular flexibility index (Phi) is 4.11. The number of nitrogens with one attached hydrogen (secondary N) is 1. The second kappa shape index (κ2) is 6.72. The van der Waals surface area contributed by atoms with Gasteiger partial charge in [0.15, 0.2) is 0 Å². The molecule has 1 amide bonds. The summed E-state index contributed by atoms with van der Waals surface area (Å²) in [5.74, 6) is 0.619. The number of amides is 1. The van der Waals surface area contributed by atoms with Crippen LogP contribution in [0.5, 0.6) is 5.75 Å². The fourth-order valence-electron chi connectivity index (χ4n) is 2.88. The molecule has 0 radical (unpaired) electrons. The number of nitrogens with zero attached hydrogens (tertiary/aromatic N) is 1. The molecule has 0 saturated heterocycles. The predicted octanol–water partition coefficient (Wildman–Crippen LogP) is 4.76. The SMILES string of the molecule is COc1ccc2c(-c3ccccc3)c(C(=O)Nc3ccncc3)oc2c1. The van der Waals surface area contributed by atoms with Crippen LogP contribution in [0.1, 0.15) is 10.6 Å².